The molecule has 0 bridgehead atoms. The number of nitrogens with one attached hydrogen (secondary N) is 1. The Morgan fingerprint density at radius 3 is 2.47 bits per heavy atom. The molecule has 0 aliphatic carbocycles. The summed E-state index contributed by atoms with van der Waals surface area (Å²) in [6.07, 6.45) is 1.74. The summed E-state index contributed by atoms with van der Waals surface area (Å²) in [5.41, 5.74) is 6.89. The molecular weight excluding hydrogens is 474 g/mol. The molecule has 1 N–H and O–H groups in total. The van der Waals surface area contributed by atoms with E-state index < -0.39 is 17.1 Å². The lowest BCUT2D eigenvalue weighted by Gasteiger charge is -2.14. The minimum absolute atomic E-state index is 0.301. The predicted octanol–water partition coefficient (Wildman–Crippen LogP) is 5.78. The summed E-state index contributed by atoms with van der Waals surface area (Å²) in [5, 5.41) is 2.26. The number of imide groups is 1. The van der Waals surface area contributed by atoms with Gasteiger partial charge in [0, 0.05) is 22.8 Å². The number of hydrogen-bond acceptors (Lipinski definition) is 5. The molecule has 3 amide bonds. The largest absolute Gasteiger partial charge is 0.494 e. The van der Waals surface area contributed by atoms with Gasteiger partial charge in [-0.15, -0.1) is 0 Å². The molecule has 1 aliphatic rings. The molecule has 1 fully saturated rings. The lowest BCUT2D eigenvalue weighted by Crippen LogP contribution is -2.36. The van der Waals surface area contributed by atoms with E-state index in [2.05, 4.69) is 35.9 Å². The minimum Gasteiger partial charge on any atom is -0.494 e. The van der Waals surface area contributed by atoms with E-state index in [0.29, 0.717) is 22.9 Å². The number of aromatic nitrogens is 1. The normalized spacial score (nSPS) is 14.6. The highest BCUT2D eigenvalue weighted by atomic mass is 32.2. The summed E-state index contributed by atoms with van der Waals surface area (Å²) in [7, 11) is 0. The number of hydrogen-bond donors (Lipinski definition) is 1. The molecule has 2 aromatic carbocycles. The summed E-state index contributed by atoms with van der Waals surface area (Å²) in [5.74, 6) is -0.220. The van der Waals surface area contributed by atoms with Crippen LogP contribution in [-0.4, -0.2) is 39.7 Å². The summed E-state index contributed by atoms with van der Waals surface area (Å²) in [4.78, 5) is 39.4. The number of aryl methyl sites for hydroxylation is 2. The Morgan fingerprint density at radius 1 is 1.06 bits per heavy atom. The van der Waals surface area contributed by atoms with Gasteiger partial charge in [0.1, 0.15) is 12.3 Å². The molecule has 0 radical (unpaired) electrons. The molecule has 4 rings (SSSR count). The molecule has 2 heterocycles. The summed E-state index contributed by atoms with van der Waals surface area (Å²) in [6, 6.07) is 15.1. The van der Waals surface area contributed by atoms with Crippen molar-refractivity contribution in [2.75, 3.05) is 18.5 Å². The maximum absolute atomic E-state index is 13.0. The van der Waals surface area contributed by atoms with E-state index in [1.807, 2.05) is 32.9 Å². The number of ether oxygens (including phenoxy) is 1. The number of nitrogens with zero attached hydrogens (tertiary/aromatic N) is 2. The van der Waals surface area contributed by atoms with Crippen LogP contribution in [-0.2, 0) is 9.59 Å². The molecule has 186 valence electrons. The van der Waals surface area contributed by atoms with Gasteiger partial charge in [-0.3, -0.25) is 19.3 Å². The summed E-state index contributed by atoms with van der Waals surface area (Å²) >= 11 is 0.850. The number of thioether (sulfide) groups is 1. The second-order valence-electron chi connectivity index (χ2n) is 8.65. The van der Waals surface area contributed by atoms with E-state index in [1.165, 1.54) is 11.1 Å². The van der Waals surface area contributed by atoms with Crippen LogP contribution in [0.25, 0.3) is 11.8 Å². The average molecular weight is 504 g/mol. The van der Waals surface area contributed by atoms with Crippen LogP contribution >= 0.6 is 11.8 Å². The topological polar surface area (TPSA) is 80.6 Å². The smallest absolute Gasteiger partial charge is 0.294 e. The number of carbonyl (C=O) groups is 3. The SMILES string of the molecule is CCOc1ccc(NC(=O)CN2C(=O)S/C(=C/c3cc(C)n(-c4cccc(C)c4C)c3C)C2=O)cc1. The van der Waals surface area contributed by atoms with Gasteiger partial charge in [-0.25, -0.2) is 0 Å². The van der Waals surface area contributed by atoms with Crippen LogP contribution in [0.4, 0.5) is 10.5 Å². The third kappa shape index (κ3) is 5.09. The van der Waals surface area contributed by atoms with Gasteiger partial charge < -0.3 is 14.6 Å². The van der Waals surface area contributed by atoms with Crippen molar-refractivity contribution in [2.45, 2.75) is 34.6 Å². The first-order valence-corrected chi connectivity index (χ1v) is 12.5. The Hall–Kier alpha value is -3.78. The molecule has 1 aromatic heterocycles. The third-order valence-electron chi connectivity index (χ3n) is 6.20. The second-order valence-corrected chi connectivity index (χ2v) is 9.65. The molecular formula is C28H29N3O4S. The van der Waals surface area contributed by atoms with Gasteiger partial charge in [-0.2, -0.15) is 0 Å². The van der Waals surface area contributed by atoms with Crippen LogP contribution in [0, 0.1) is 27.7 Å². The summed E-state index contributed by atoms with van der Waals surface area (Å²) < 4.78 is 7.55. The molecule has 1 saturated heterocycles. The zero-order valence-corrected chi connectivity index (χ0v) is 21.9. The van der Waals surface area contributed by atoms with E-state index in [-0.39, 0.29) is 6.54 Å². The van der Waals surface area contributed by atoms with Gasteiger partial charge in [0.05, 0.1) is 11.5 Å². The minimum atomic E-state index is -0.469. The third-order valence-corrected chi connectivity index (χ3v) is 7.11. The van der Waals surface area contributed by atoms with Crippen molar-refractivity contribution in [1.82, 2.24) is 9.47 Å². The zero-order valence-electron chi connectivity index (χ0n) is 21.0. The van der Waals surface area contributed by atoms with Gasteiger partial charge in [-0.1, -0.05) is 12.1 Å². The van der Waals surface area contributed by atoms with Crippen LogP contribution in [0.3, 0.4) is 0 Å². The average Bonchev–Trinajstić information content (AvgIpc) is 3.26. The van der Waals surface area contributed by atoms with Crippen LogP contribution in [0.2, 0.25) is 0 Å². The molecule has 8 heteroatoms. The number of benzene rings is 2. The van der Waals surface area contributed by atoms with Crippen molar-refractivity contribution in [3.05, 3.63) is 81.5 Å². The maximum atomic E-state index is 13.0. The Kier molecular flexibility index (Phi) is 7.35. The molecule has 1 aliphatic heterocycles. The van der Waals surface area contributed by atoms with Gasteiger partial charge in [-0.05, 0) is 106 Å². The van der Waals surface area contributed by atoms with Gasteiger partial charge in [0.2, 0.25) is 5.91 Å². The monoisotopic (exact) mass is 503 g/mol. The molecule has 7 nitrogen and oxygen atoms in total. The Labute approximate surface area is 215 Å². The summed E-state index contributed by atoms with van der Waals surface area (Å²) in [6.45, 7) is 10.3. The number of anilines is 1. The van der Waals surface area contributed by atoms with Crippen LogP contribution in [0.1, 0.15) is 35.0 Å². The number of carbonyl (C=O) groups excluding carboxylic acids is 3. The lowest BCUT2D eigenvalue weighted by atomic mass is 10.1. The quantitative estimate of drug-likeness (QED) is 0.413. The maximum Gasteiger partial charge on any atom is 0.294 e. The van der Waals surface area contributed by atoms with E-state index in [0.717, 1.165) is 39.3 Å². The zero-order chi connectivity index (χ0) is 26.0. The molecule has 0 unspecified atom stereocenters. The number of amides is 3. The number of rotatable bonds is 7. The first kappa shape index (κ1) is 25.3. The van der Waals surface area contributed by atoms with Crippen LogP contribution < -0.4 is 10.1 Å². The van der Waals surface area contributed by atoms with Crippen LogP contribution in [0.15, 0.2) is 53.4 Å². The van der Waals surface area contributed by atoms with Crippen molar-refractivity contribution in [2.24, 2.45) is 0 Å². The highest BCUT2D eigenvalue weighted by Gasteiger charge is 2.36. The predicted molar refractivity (Wildman–Crippen MR) is 144 cm³/mol. The van der Waals surface area contributed by atoms with Crippen molar-refractivity contribution in [3.63, 3.8) is 0 Å². The molecule has 3 aromatic rings. The Balaban J connectivity index is 1.50. The first-order valence-electron chi connectivity index (χ1n) is 11.7. The molecule has 36 heavy (non-hydrogen) atoms. The van der Waals surface area contributed by atoms with Crippen LogP contribution in [0.5, 0.6) is 5.75 Å². The fourth-order valence-electron chi connectivity index (χ4n) is 4.21. The lowest BCUT2D eigenvalue weighted by molar-refractivity contribution is -0.127. The molecule has 0 atom stereocenters. The highest BCUT2D eigenvalue weighted by molar-refractivity contribution is 8.18. The van der Waals surface area contributed by atoms with Gasteiger partial charge in [0.15, 0.2) is 0 Å². The van der Waals surface area contributed by atoms with Crippen molar-refractivity contribution >= 4 is 40.6 Å². The van der Waals surface area contributed by atoms with E-state index >= 15 is 0 Å². The van der Waals surface area contributed by atoms with Crippen molar-refractivity contribution in [1.29, 1.82) is 0 Å². The fraction of sp³-hybridized carbons (Fsp3) is 0.250. The highest BCUT2D eigenvalue weighted by Crippen LogP contribution is 2.34. The standard InChI is InChI=1S/C28H29N3O4S/c1-6-35-23-12-10-22(11-13-23)29-26(32)16-30-27(33)25(36-28(30)34)15-21-14-18(3)31(20(21)5)24-9-7-8-17(2)19(24)4/h7-15H,6,16H2,1-5H3,(H,29,32)/b25-15+. The van der Waals surface area contributed by atoms with Gasteiger partial charge >= 0.3 is 0 Å². The Morgan fingerprint density at radius 2 is 1.78 bits per heavy atom. The van der Waals surface area contributed by atoms with Crippen molar-refractivity contribution < 1.29 is 19.1 Å². The van der Waals surface area contributed by atoms with E-state index in [1.54, 1.807) is 30.3 Å². The van der Waals surface area contributed by atoms with E-state index in [9.17, 15) is 14.4 Å². The van der Waals surface area contributed by atoms with E-state index in [4.69, 9.17) is 4.74 Å². The second kappa shape index (κ2) is 10.5. The Bertz CT molecular complexity index is 1370. The van der Waals surface area contributed by atoms with Gasteiger partial charge in [0.25, 0.3) is 11.1 Å². The first-order chi connectivity index (χ1) is 17.2. The molecule has 0 saturated carbocycles. The molecule has 0 spiro atoms. The van der Waals surface area contributed by atoms with Crippen molar-refractivity contribution in [3.8, 4) is 11.4 Å². The fourth-order valence-corrected chi connectivity index (χ4v) is 5.03.